The molecule has 0 heterocycles. The van der Waals surface area contributed by atoms with E-state index in [1.165, 1.54) is 0 Å². The zero-order valence-electron chi connectivity index (χ0n) is 10.6. The van der Waals surface area contributed by atoms with Crippen molar-refractivity contribution in [2.75, 3.05) is 7.11 Å². The van der Waals surface area contributed by atoms with E-state index in [1.807, 2.05) is 48.5 Å². The molecule has 0 fully saturated rings. The predicted molar refractivity (Wildman–Crippen MR) is 76.5 cm³/mol. The Balaban J connectivity index is 2.15. The molecule has 0 aliphatic carbocycles. The van der Waals surface area contributed by atoms with E-state index in [4.69, 9.17) is 16.3 Å². The van der Waals surface area contributed by atoms with Crippen molar-refractivity contribution in [1.29, 1.82) is 5.26 Å². The fourth-order valence-corrected chi connectivity index (χ4v) is 2.06. The van der Waals surface area contributed by atoms with Crippen molar-refractivity contribution in [1.82, 2.24) is 0 Å². The summed E-state index contributed by atoms with van der Waals surface area (Å²) in [5.41, 5.74) is 2.10. The van der Waals surface area contributed by atoms with E-state index in [0.717, 1.165) is 16.9 Å². The summed E-state index contributed by atoms with van der Waals surface area (Å²) >= 11 is 5.85. The number of ether oxygens (including phenoxy) is 1. The molecule has 1 atom stereocenters. The van der Waals surface area contributed by atoms with Gasteiger partial charge in [0, 0.05) is 5.02 Å². The Bertz CT molecular complexity index is 569. The van der Waals surface area contributed by atoms with Gasteiger partial charge in [0.1, 0.15) is 5.75 Å². The van der Waals surface area contributed by atoms with Gasteiger partial charge < -0.3 is 4.74 Å². The quantitative estimate of drug-likeness (QED) is 0.835. The summed E-state index contributed by atoms with van der Waals surface area (Å²) in [6.07, 6.45) is 0.681. The molecule has 2 aromatic carbocycles. The summed E-state index contributed by atoms with van der Waals surface area (Å²) in [7, 11) is 1.63. The molecule has 1 unspecified atom stereocenters. The Hall–Kier alpha value is -1.98. The minimum atomic E-state index is -0.160. The van der Waals surface area contributed by atoms with Crippen LogP contribution in [0.25, 0.3) is 0 Å². The van der Waals surface area contributed by atoms with Gasteiger partial charge in [-0.1, -0.05) is 35.9 Å². The summed E-state index contributed by atoms with van der Waals surface area (Å²) in [5, 5.41) is 10.0. The number of benzene rings is 2. The van der Waals surface area contributed by atoms with E-state index in [9.17, 15) is 5.26 Å². The van der Waals surface area contributed by atoms with Crippen molar-refractivity contribution in [2.45, 2.75) is 12.3 Å². The molecule has 2 rings (SSSR count). The molecular weight excluding hydrogens is 258 g/mol. The lowest BCUT2D eigenvalue weighted by Crippen LogP contribution is -2.00. The smallest absolute Gasteiger partial charge is 0.118 e. The van der Waals surface area contributed by atoms with Gasteiger partial charge in [-0.05, 0) is 41.8 Å². The summed E-state index contributed by atoms with van der Waals surface area (Å²) < 4.78 is 5.12. The minimum absolute atomic E-state index is 0.160. The molecule has 0 aromatic heterocycles. The second-order valence-electron chi connectivity index (χ2n) is 4.29. The third kappa shape index (κ3) is 3.49. The molecule has 0 bridgehead atoms. The predicted octanol–water partition coefficient (Wildman–Crippen LogP) is 4.20. The Kier molecular flexibility index (Phi) is 4.43. The molecule has 96 valence electrons. The van der Waals surface area contributed by atoms with Crippen LogP contribution < -0.4 is 4.74 Å². The van der Waals surface area contributed by atoms with Crippen molar-refractivity contribution in [3.05, 3.63) is 64.7 Å². The van der Waals surface area contributed by atoms with Crippen molar-refractivity contribution in [3.8, 4) is 11.8 Å². The van der Waals surface area contributed by atoms with Crippen LogP contribution in [0.4, 0.5) is 0 Å². The zero-order chi connectivity index (χ0) is 13.7. The number of rotatable bonds is 4. The van der Waals surface area contributed by atoms with Gasteiger partial charge in [-0.15, -0.1) is 0 Å². The second-order valence-corrected chi connectivity index (χ2v) is 4.72. The summed E-state index contributed by atoms with van der Waals surface area (Å²) in [5.74, 6) is 0.638. The molecule has 0 N–H and O–H groups in total. The largest absolute Gasteiger partial charge is 0.497 e. The summed E-state index contributed by atoms with van der Waals surface area (Å²) in [4.78, 5) is 0. The molecule has 2 aromatic rings. The normalized spacial score (nSPS) is 11.6. The minimum Gasteiger partial charge on any atom is -0.497 e. The highest BCUT2D eigenvalue weighted by Crippen LogP contribution is 2.23. The molecule has 0 amide bonds. The van der Waals surface area contributed by atoms with Crippen molar-refractivity contribution in [2.24, 2.45) is 0 Å². The lowest BCUT2D eigenvalue weighted by molar-refractivity contribution is 0.414. The first-order chi connectivity index (χ1) is 9.22. The molecule has 2 nitrogen and oxygen atoms in total. The maximum absolute atomic E-state index is 9.31. The van der Waals surface area contributed by atoms with Gasteiger partial charge in [0.2, 0.25) is 0 Å². The molecule has 0 aliphatic rings. The van der Waals surface area contributed by atoms with E-state index in [0.29, 0.717) is 11.4 Å². The first-order valence-electron chi connectivity index (χ1n) is 6.01. The maximum atomic E-state index is 9.31. The van der Waals surface area contributed by atoms with Gasteiger partial charge in [-0.25, -0.2) is 0 Å². The molecule has 3 heteroatoms. The average molecular weight is 272 g/mol. The highest BCUT2D eigenvalue weighted by atomic mass is 35.5. The summed E-state index contributed by atoms with van der Waals surface area (Å²) in [6.45, 7) is 0. The Morgan fingerprint density at radius 3 is 2.26 bits per heavy atom. The van der Waals surface area contributed by atoms with Gasteiger partial charge in [0.05, 0.1) is 19.1 Å². The fourth-order valence-electron chi connectivity index (χ4n) is 1.93. The molecule has 0 saturated heterocycles. The van der Waals surface area contributed by atoms with Crippen LogP contribution in [-0.4, -0.2) is 7.11 Å². The number of halogens is 1. The van der Waals surface area contributed by atoms with Crippen LogP contribution in [0.5, 0.6) is 5.75 Å². The first-order valence-corrected chi connectivity index (χ1v) is 6.38. The lowest BCUT2D eigenvalue weighted by Gasteiger charge is -2.10. The van der Waals surface area contributed by atoms with Crippen LogP contribution in [0, 0.1) is 11.3 Å². The Morgan fingerprint density at radius 2 is 1.74 bits per heavy atom. The van der Waals surface area contributed by atoms with Crippen LogP contribution in [0.1, 0.15) is 17.0 Å². The highest BCUT2D eigenvalue weighted by Gasteiger charge is 2.11. The fraction of sp³-hybridized carbons (Fsp3) is 0.188. The van der Waals surface area contributed by atoms with Crippen LogP contribution in [0.2, 0.25) is 5.02 Å². The summed E-state index contributed by atoms with van der Waals surface area (Å²) in [6, 6.07) is 17.6. The topological polar surface area (TPSA) is 33.0 Å². The number of nitriles is 1. The molecule has 0 saturated carbocycles. The Morgan fingerprint density at radius 1 is 1.11 bits per heavy atom. The standard InChI is InChI=1S/C16H14ClNO/c1-19-16-8-4-13(5-9-16)14(11-18)10-12-2-6-15(17)7-3-12/h2-9,14H,10H2,1H3. The van der Waals surface area contributed by atoms with E-state index in [2.05, 4.69) is 6.07 Å². The van der Waals surface area contributed by atoms with Gasteiger partial charge in [-0.2, -0.15) is 5.26 Å². The number of hydrogen-bond donors (Lipinski definition) is 0. The van der Waals surface area contributed by atoms with Crippen molar-refractivity contribution < 1.29 is 4.74 Å². The van der Waals surface area contributed by atoms with Crippen LogP contribution in [-0.2, 0) is 6.42 Å². The van der Waals surface area contributed by atoms with Crippen LogP contribution >= 0.6 is 11.6 Å². The van der Waals surface area contributed by atoms with E-state index < -0.39 is 0 Å². The van der Waals surface area contributed by atoms with Gasteiger partial charge in [0.25, 0.3) is 0 Å². The Labute approximate surface area is 118 Å². The molecular formula is C16H14ClNO. The lowest BCUT2D eigenvalue weighted by atomic mass is 9.93. The third-order valence-corrected chi connectivity index (χ3v) is 3.28. The third-order valence-electron chi connectivity index (χ3n) is 3.03. The van der Waals surface area contributed by atoms with Crippen molar-refractivity contribution in [3.63, 3.8) is 0 Å². The molecule has 19 heavy (non-hydrogen) atoms. The van der Waals surface area contributed by atoms with Gasteiger partial charge in [-0.3, -0.25) is 0 Å². The van der Waals surface area contributed by atoms with Crippen LogP contribution in [0.3, 0.4) is 0 Å². The zero-order valence-corrected chi connectivity index (χ0v) is 11.4. The monoisotopic (exact) mass is 271 g/mol. The van der Waals surface area contributed by atoms with Gasteiger partial charge in [0.15, 0.2) is 0 Å². The first kappa shape index (κ1) is 13.5. The SMILES string of the molecule is COc1ccc(C(C#N)Cc2ccc(Cl)cc2)cc1. The second kappa shape index (κ2) is 6.26. The maximum Gasteiger partial charge on any atom is 0.118 e. The van der Waals surface area contributed by atoms with Crippen molar-refractivity contribution >= 4 is 11.6 Å². The molecule has 0 spiro atoms. The molecule has 0 radical (unpaired) electrons. The number of nitrogens with zero attached hydrogens (tertiary/aromatic N) is 1. The highest BCUT2D eigenvalue weighted by molar-refractivity contribution is 6.30. The van der Waals surface area contributed by atoms with E-state index in [1.54, 1.807) is 7.11 Å². The van der Waals surface area contributed by atoms with Gasteiger partial charge >= 0.3 is 0 Å². The number of methoxy groups -OCH3 is 1. The van der Waals surface area contributed by atoms with E-state index in [-0.39, 0.29) is 5.92 Å². The van der Waals surface area contributed by atoms with E-state index >= 15 is 0 Å². The van der Waals surface area contributed by atoms with Crippen LogP contribution in [0.15, 0.2) is 48.5 Å². The number of hydrogen-bond acceptors (Lipinski definition) is 2. The molecule has 0 aliphatic heterocycles. The average Bonchev–Trinajstić information content (AvgIpc) is 2.47.